The van der Waals surface area contributed by atoms with Crippen LogP contribution in [0.15, 0.2) is 54.6 Å². The first-order valence-corrected chi connectivity index (χ1v) is 11.4. The molecule has 0 unspecified atom stereocenters. The topological polar surface area (TPSA) is 61.4 Å². The second-order valence-electron chi connectivity index (χ2n) is 9.05. The van der Waals surface area contributed by atoms with Crippen molar-refractivity contribution in [3.8, 4) is 0 Å². The number of carbonyl (C=O) groups is 2. The van der Waals surface area contributed by atoms with Gasteiger partial charge in [-0.3, -0.25) is 9.59 Å². The van der Waals surface area contributed by atoms with E-state index in [0.717, 1.165) is 49.9 Å². The van der Waals surface area contributed by atoms with Gasteiger partial charge in [0, 0.05) is 25.6 Å². The molecule has 1 saturated heterocycles. The minimum absolute atomic E-state index is 0.0178. The highest BCUT2D eigenvalue weighted by molar-refractivity contribution is 5.95. The van der Waals surface area contributed by atoms with E-state index in [2.05, 4.69) is 41.8 Å². The number of piperidine rings is 1. The van der Waals surface area contributed by atoms with E-state index in [9.17, 15) is 9.59 Å². The van der Waals surface area contributed by atoms with Gasteiger partial charge in [0.15, 0.2) is 0 Å². The Morgan fingerprint density at radius 3 is 2.26 bits per heavy atom. The van der Waals surface area contributed by atoms with Crippen molar-refractivity contribution < 1.29 is 9.59 Å². The Balaban J connectivity index is 1.51. The molecule has 0 bridgehead atoms. The molecule has 2 aromatic rings. The van der Waals surface area contributed by atoms with Crippen LogP contribution in [0.4, 0.5) is 0 Å². The molecular weight excluding hydrogens is 386 g/mol. The first kappa shape index (κ1) is 21.6. The summed E-state index contributed by atoms with van der Waals surface area (Å²) >= 11 is 0. The fourth-order valence-electron chi connectivity index (χ4n) is 4.60. The molecule has 1 atom stereocenters. The quantitative estimate of drug-likeness (QED) is 0.725. The lowest BCUT2D eigenvalue weighted by atomic mass is 9.93. The smallest absolute Gasteiger partial charge is 0.245 e. The summed E-state index contributed by atoms with van der Waals surface area (Å²) in [5.41, 5.74) is 2.81. The third kappa shape index (κ3) is 4.82. The van der Waals surface area contributed by atoms with Crippen LogP contribution in [0.2, 0.25) is 0 Å². The first-order valence-electron chi connectivity index (χ1n) is 11.4. The van der Waals surface area contributed by atoms with Crippen LogP contribution in [0.1, 0.15) is 42.4 Å². The minimum atomic E-state index is -0.538. The van der Waals surface area contributed by atoms with E-state index in [4.69, 9.17) is 0 Å². The van der Waals surface area contributed by atoms with E-state index in [-0.39, 0.29) is 11.8 Å². The Kier molecular flexibility index (Phi) is 6.42. The van der Waals surface area contributed by atoms with Crippen LogP contribution in [0.3, 0.4) is 0 Å². The summed E-state index contributed by atoms with van der Waals surface area (Å²) < 4.78 is 0. The van der Waals surface area contributed by atoms with Crippen molar-refractivity contribution in [1.82, 2.24) is 15.5 Å². The zero-order valence-corrected chi connectivity index (χ0v) is 18.6. The highest BCUT2D eigenvalue weighted by atomic mass is 16.2. The summed E-state index contributed by atoms with van der Waals surface area (Å²) in [7, 11) is 1.97. The lowest BCUT2D eigenvalue weighted by molar-refractivity contribution is -0.138. The van der Waals surface area contributed by atoms with Crippen molar-refractivity contribution in [2.24, 2.45) is 0 Å². The molecule has 164 valence electrons. The monoisotopic (exact) mass is 419 g/mol. The standard InChI is InChI=1S/C26H33N3O2/c1-19-8-10-21(11-9-19)26(14-15-26)25(31)28-23(18-20-6-4-3-5-7-20)24(30)29-16-12-22(27-2)13-17-29/h3-11,22-23,27H,12-18H2,1-2H3,(H,28,31)/t23-/m0/s1. The van der Waals surface area contributed by atoms with Crippen LogP contribution in [0.5, 0.6) is 0 Å². The summed E-state index contributed by atoms with van der Waals surface area (Å²) in [6.07, 6.45) is 4.08. The summed E-state index contributed by atoms with van der Waals surface area (Å²) in [6.45, 7) is 3.51. The second kappa shape index (κ2) is 9.23. The lowest BCUT2D eigenvalue weighted by Gasteiger charge is -2.34. The summed E-state index contributed by atoms with van der Waals surface area (Å²) in [4.78, 5) is 28.8. The number of nitrogens with zero attached hydrogens (tertiary/aromatic N) is 1. The average Bonchev–Trinajstić information content (AvgIpc) is 3.61. The Hall–Kier alpha value is -2.66. The number of hydrogen-bond acceptors (Lipinski definition) is 3. The van der Waals surface area contributed by atoms with E-state index in [0.29, 0.717) is 12.5 Å². The van der Waals surface area contributed by atoms with Crippen LogP contribution in [0.25, 0.3) is 0 Å². The third-order valence-corrected chi connectivity index (χ3v) is 6.89. The Bertz CT molecular complexity index is 898. The molecule has 2 fully saturated rings. The third-order valence-electron chi connectivity index (χ3n) is 6.89. The van der Waals surface area contributed by atoms with Crippen molar-refractivity contribution in [3.63, 3.8) is 0 Å². The number of aryl methyl sites for hydroxylation is 1. The van der Waals surface area contributed by atoms with E-state index < -0.39 is 11.5 Å². The maximum atomic E-state index is 13.5. The molecule has 1 heterocycles. The minimum Gasteiger partial charge on any atom is -0.343 e. The Morgan fingerprint density at radius 2 is 1.68 bits per heavy atom. The summed E-state index contributed by atoms with van der Waals surface area (Å²) in [5, 5.41) is 6.47. The molecule has 0 aromatic heterocycles. The van der Waals surface area contributed by atoms with Gasteiger partial charge in [-0.2, -0.15) is 0 Å². The summed E-state index contributed by atoms with van der Waals surface area (Å²) in [5.74, 6) is 0.0159. The maximum Gasteiger partial charge on any atom is 0.245 e. The van der Waals surface area contributed by atoms with E-state index in [1.54, 1.807) is 0 Å². The van der Waals surface area contributed by atoms with Crippen LogP contribution in [-0.2, 0) is 21.4 Å². The highest BCUT2D eigenvalue weighted by Gasteiger charge is 2.52. The number of nitrogens with one attached hydrogen (secondary N) is 2. The van der Waals surface area contributed by atoms with Crippen LogP contribution < -0.4 is 10.6 Å². The lowest BCUT2D eigenvalue weighted by Crippen LogP contribution is -2.54. The molecule has 5 nitrogen and oxygen atoms in total. The van der Waals surface area contributed by atoms with Crippen LogP contribution in [0, 0.1) is 6.92 Å². The molecule has 1 aliphatic heterocycles. The molecule has 0 spiro atoms. The molecule has 2 amide bonds. The normalized spacial score (nSPS) is 19.0. The molecule has 2 aromatic carbocycles. The first-order chi connectivity index (χ1) is 15.0. The predicted molar refractivity (Wildman–Crippen MR) is 123 cm³/mol. The van der Waals surface area contributed by atoms with Crippen molar-refractivity contribution in [2.75, 3.05) is 20.1 Å². The van der Waals surface area contributed by atoms with E-state index >= 15 is 0 Å². The molecule has 5 heteroatoms. The number of rotatable bonds is 7. The van der Waals surface area contributed by atoms with Gasteiger partial charge in [0.2, 0.25) is 11.8 Å². The number of likely N-dealkylation sites (tertiary alicyclic amines) is 1. The van der Waals surface area contributed by atoms with Crippen molar-refractivity contribution >= 4 is 11.8 Å². The largest absolute Gasteiger partial charge is 0.343 e. The molecular formula is C26H33N3O2. The van der Waals surface area contributed by atoms with Gasteiger partial charge in [-0.15, -0.1) is 0 Å². The fraction of sp³-hybridized carbons (Fsp3) is 0.462. The molecule has 4 rings (SSSR count). The number of carbonyl (C=O) groups excluding carboxylic acids is 2. The van der Waals surface area contributed by atoms with Gasteiger partial charge in [0.25, 0.3) is 0 Å². The fourth-order valence-corrected chi connectivity index (χ4v) is 4.60. The van der Waals surface area contributed by atoms with Crippen molar-refractivity contribution in [3.05, 3.63) is 71.3 Å². The summed E-state index contributed by atoms with van der Waals surface area (Å²) in [6, 6.07) is 18.1. The molecule has 0 radical (unpaired) electrons. The SMILES string of the molecule is CNC1CCN(C(=O)[C@H](Cc2ccccc2)NC(=O)C2(c3ccc(C)cc3)CC2)CC1. The number of benzene rings is 2. The Labute approximate surface area is 185 Å². The Morgan fingerprint density at radius 1 is 1.03 bits per heavy atom. The predicted octanol–water partition coefficient (Wildman–Crippen LogP) is 2.96. The van der Waals surface area contributed by atoms with Crippen molar-refractivity contribution in [2.45, 2.75) is 56.5 Å². The van der Waals surface area contributed by atoms with Gasteiger partial charge in [-0.05, 0) is 50.8 Å². The van der Waals surface area contributed by atoms with Gasteiger partial charge < -0.3 is 15.5 Å². The van der Waals surface area contributed by atoms with Crippen LogP contribution >= 0.6 is 0 Å². The van der Waals surface area contributed by atoms with Gasteiger partial charge in [-0.1, -0.05) is 60.2 Å². The van der Waals surface area contributed by atoms with Gasteiger partial charge in [0.1, 0.15) is 6.04 Å². The average molecular weight is 420 g/mol. The second-order valence-corrected chi connectivity index (χ2v) is 9.05. The zero-order chi connectivity index (χ0) is 21.8. The number of amides is 2. The van der Waals surface area contributed by atoms with Gasteiger partial charge in [0.05, 0.1) is 5.41 Å². The molecule has 1 saturated carbocycles. The zero-order valence-electron chi connectivity index (χ0n) is 18.6. The van der Waals surface area contributed by atoms with E-state index in [1.165, 1.54) is 5.56 Å². The maximum absolute atomic E-state index is 13.5. The number of hydrogen-bond donors (Lipinski definition) is 2. The van der Waals surface area contributed by atoms with Gasteiger partial charge >= 0.3 is 0 Å². The molecule has 2 N–H and O–H groups in total. The van der Waals surface area contributed by atoms with Crippen LogP contribution in [-0.4, -0.2) is 48.9 Å². The van der Waals surface area contributed by atoms with E-state index in [1.807, 2.05) is 42.3 Å². The van der Waals surface area contributed by atoms with Crippen molar-refractivity contribution in [1.29, 1.82) is 0 Å². The molecule has 2 aliphatic rings. The van der Waals surface area contributed by atoms with Gasteiger partial charge in [-0.25, -0.2) is 0 Å². The molecule has 31 heavy (non-hydrogen) atoms. The highest BCUT2D eigenvalue weighted by Crippen LogP contribution is 2.48. The molecule has 1 aliphatic carbocycles.